The number of nitrogens with one attached hydrogen (secondary N) is 1. The number of esters is 1. The Balaban J connectivity index is 3.37. The molecule has 2 atom stereocenters. The summed E-state index contributed by atoms with van der Waals surface area (Å²) >= 11 is 0. The van der Waals surface area contributed by atoms with Crippen molar-refractivity contribution in [2.45, 2.75) is 431 Å². The molecule has 0 radical (unpaired) electrons. The maximum Gasteiger partial charge on any atom is 0.305 e. The van der Waals surface area contributed by atoms with Crippen molar-refractivity contribution in [3.63, 3.8) is 0 Å². The summed E-state index contributed by atoms with van der Waals surface area (Å²) in [5, 5.41) is 23.4. The van der Waals surface area contributed by atoms with Crippen molar-refractivity contribution >= 4 is 11.9 Å². The van der Waals surface area contributed by atoms with Gasteiger partial charge in [-0.1, -0.05) is 359 Å². The van der Waals surface area contributed by atoms with Crippen LogP contribution < -0.4 is 5.32 Å². The fraction of sp³-hybridized carbons (Fsp3) is 0.896. The van der Waals surface area contributed by atoms with E-state index in [1.165, 1.54) is 334 Å². The zero-order valence-corrected chi connectivity index (χ0v) is 56.2. The van der Waals surface area contributed by atoms with E-state index >= 15 is 0 Å². The van der Waals surface area contributed by atoms with Crippen LogP contribution in [0.2, 0.25) is 0 Å². The number of allylic oxidation sites excluding steroid dienone is 6. The lowest BCUT2D eigenvalue weighted by atomic mass is 10.0. The lowest BCUT2D eigenvalue weighted by Gasteiger charge is -2.22. The van der Waals surface area contributed by atoms with Crippen LogP contribution >= 0.6 is 0 Å². The highest BCUT2D eigenvalue weighted by molar-refractivity contribution is 5.76. The molecule has 0 fully saturated rings. The summed E-state index contributed by atoms with van der Waals surface area (Å²) in [7, 11) is 0. The Kier molecular flexibility index (Phi) is 70.9. The van der Waals surface area contributed by atoms with E-state index in [1.54, 1.807) is 0 Å². The van der Waals surface area contributed by atoms with E-state index < -0.39 is 12.1 Å². The fourth-order valence-corrected chi connectivity index (χ4v) is 11.9. The van der Waals surface area contributed by atoms with Gasteiger partial charge in [0.15, 0.2) is 0 Å². The lowest BCUT2D eigenvalue weighted by Crippen LogP contribution is -2.45. The first-order chi connectivity index (χ1) is 41.0. The van der Waals surface area contributed by atoms with Crippen molar-refractivity contribution < 1.29 is 24.5 Å². The van der Waals surface area contributed by atoms with Gasteiger partial charge in [0, 0.05) is 12.8 Å². The Bertz CT molecular complexity index is 1340. The molecule has 0 saturated heterocycles. The molecule has 6 nitrogen and oxygen atoms in total. The molecule has 1 amide bonds. The monoisotopic (exact) mass is 1170 g/mol. The SMILES string of the molecule is CCCCC/C=C\C/C=C\CCCCCCCC(=O)OCCCCCCCCCCCCCC/C=C\CCCCCCCCCCCCCCCCCC(=O)NC(CO)C(O)CCCCCCCCCCCCCCCCCCCCCC. The molecule has 0 spiro atoms. The number of amides is 1. The molecule has 0 aliphatic rings. The number of unbranched alkanes of at least 4 members (excludes halogenated alkanes) is 54. The summed E-state index contributed by atoms with van der Waals surface area (Å²) in [5.74, 6) is -0.0244. The van der Waals surface area contributed by atoms with Gasteiger partial charge >= 0.3 is 5.97 Å². The second-order valence-corrected chi connectivity index (χ2v) is 26.0. The average molecular weight is 1170 g/mol. The molecule has 0 aromatic rings. The third-order valence-corrected chi connectivity index (χ3v) is 17.7. The van der Waals surface area contributed by atoms with Gasteiger partial charge in [0.2, 0.25) is 5.91 Å². The van der Waals surface area contributed by atoms with Gasteiger partial charge in [-0.2, -0.15) is 0 Å². The Morgan fingerprint density at radius 2 is 0.602 bits per heavy atom. The normalized spacial score (nSPS) is 12.7. The molecule has 0 saturated carbocycles. The minimum Gasteiger partial charge on any atom is -0.466 e. The highest BCUT2D eigenvalue weighted by Gasteiger charge is 2.20. The molecular weight excluding hydrogens is 1020 g/mol. The number of hydrogen-bond donors (Lipinski definition) is 3. The van der Waals surface area contributed by atoms with Gasteiger partial charge in [-0.05, 0) is 83.5 Å². The molecule has 0 heterocycles. The summed E-state index contributed by atoms with van der Waals surface area (Å²) in [4.78, 5) is 24.6. The number of aliphatic hydroxyl groups is 2. The quantitative estimate of drug-likeness (QED) is 0.0320. The number of carbonyl (C=O) groups is 2. The van der Waals surface area contributed by atoms with Gasteiger partial charge in [-0.15, -0.1) is 0 Å². The van der Waals surface area contributed by atoms with Crippen LogP contribution in [-0.2, 0) is 14.3 Å². The van der Waals surface area contributed by atoms with Crippen molar-refractivity contribution in [1.29, 1.82) is 0 Å². The zero-order chi connectivity index (χ0) is 59.9. The second kappa shape index (κ2) is 72.6. The maximum absolute atomic E-state index is 12.6. The predicted molar refractivity (Wildman–Crippen MR) is 366 cm³/mol. The lowest BCUT2D eigenvalue weighted by molar-refractivity contribution is -0.143. The molecular formula is C77H147NO5. The first kappa shape index (κ1) is 81.1. The maximum atomic E-state index is 12.6. The molecule has 490 valence electrons. The van der Waals surface area contributed by atoms with Crippen molar-refractivity contribution in [2.75, 3.05) is 13.2 Å². The minimum atomic E-state index is -0.664. The minimum absolute atomic E-state index is 0.00420. The van der Waals surface area contributed by atoms with Gasteiger partial charge in [0.1, 0.15) is 0 Å². The molecule has 83 heavy (non-hydrogen) atoms. The summed E-state index contributed by atoms with van der Waals surface area (Å²) in [6.45, 7) is 4.96. The summed E-state index contributed by atoms with van der Waals surface area (Å²) < 4.78 is 5.49. The molecule has 6 heteroatoms. The first-order valence-corrected chi connectivity index (χ1v) is 37.7. The second-order valence-electron chi connectivity index (χ2n) is 26.0. The Morgan fingerprint density at radius 3 is 0.952 bits per heavy atom. The highest BCUT2D eigenvalue weighted by atomic mass is 16.5. The van der Waals surface area contributed by atoms with Gasteiger partial charge in [-0.25, -0.2) is 0 Å². The van der Waals surface area contributed by atoms with Crippen LogP contribution in [0.15, 0.2) is 36.5 Å². The van der Waals surface area contributed by atoms with Crippen LogP contribution in [0.25, 0.3) is 0 Å². The highest BCUT2D eigenvalue weighted by Crippen LogP contribution is 2.19. The van der Waals surface area contributed by atoms with E-state index in [-0.39, 0.29) is 18.5 Å². The Morgan fingerprint density at radius 1 is 0.337 bits per heavy atom. The number of rotatable bonds is 71. The van der Waals surface area contributed by atoms with Gasteiger partial charge in [0.25, 0.3) is 0 Å². The fourth-order valence-electron chi connectivity index (χ4n) is 11.9. The largest absolute Gasteiger partial charge is 0.466 e. The zero-order valence-electron chi connectivity index (χ0n) is 56.2. The molecule has 0 bridgehead atoms. The van der Waals surface area contributed by atoms with E-state index in [9.17, 15) is 19.8 Å². The summed E-state index contributed by atoms with van der Waals surface area (Å²) in [6.07, 6.45) is 93.6. The third kappa shape index (κ3) is 69.1. The molecule has 0 aromatic heterocycles. The van der Waals surface area contributed by atoms with Crippen LogP contribution in [0.5, 0.6) is 0 Å². The third-order valence-electron chi connectivity index (χ3n) is 17.7. The summed E-state index contributed by atoms with van der Waals surface area (Å²) in [5.41, 5.74) is 0. The molecule has 0 rings (SSSR count). The van der Waals surface area contributed by atoms with Crippen molar-refractivity contribution in [1.82, 2.24) is 5.32 Å². The van der Waals surface area contributed by atoms with Crippen LogP contribution in [-0.4, -0.2) is 47.4 Å². The van der Waals surface area contributed by atoms with Gasteiger partial charge < -0.3 is 20.3 Å². The topological polar surface area (TPSA) is 95.9 Å². The van der Waals surface area contributed by atoms with Crippen LogP contribution in [0.3, 0.4) is 0 Å². The van der Waals surface area contributed by atoms with E-state index in [4.69, 9.17) is 4.74 Å². The number of hydrogen-bond acceptors (Lipinski definition) is 5. The van der Waals surface area contributed by atoms with Crippen molar-refractivity contribution in [3.05, 3.63) is 36.5 Å². The molecule has 0 aliphatic carbocycles. The predicted octanol–water partition coefficient (Wildman–Crippen LogP) is 24.7. The smallest absolute Gasteiger partial charge is 0.305 e. The molecule has 0 aliphatic heterocycles. The Labute approximate surface area is 519 Å². The van der Waals surface area contributed by atoms with Crippen LogP contribution in [0.1, 0.15) is 418 Å². The average Bonchev–Trinajstić information content (AvgIpc) is 3.49. The van der Waals surface area contributed by atoms with E-state index in [0.717, 1.165) is 51.4 Å². The van der Waals surface area contributed by atoms with Crippen molar-refractivity contribution in [2.24, 2.45) is 0 Å². The van der Waals surface area contributed by atoms with Crippen molar-refractivity contribution in [3.8, 4) is 0 Å². The van der Waals surface area contributed by atoms with E-state index in [2.05, 4.69) is 55.6 Å². The van der Waals surface area contributed by atoms with Crippen LogP contribution in [0, 0.1) is 0 Å². The van der Waals surface area contributed by atoms with Gasteiger partial charge in [-0.3, -0.25) is 9.59 Å². The summed E-state index contributed by atoms with van der Waals surface area (Å²) in [6, 6.07) is -0.541. The number of carbonyl (C=O) groups excluding carboxylic acids is 2. The van der Waals surface area contributed by atoms with E-state index in [0.29, 0.717) is 25.9 Å². The molecule has 3 N–H and O–H groups in total. The number of ether oxygens (including phenoxy) is 1. The standard InChI is InChI=1S/C77H147NO5/c1-3-5-7-9-11-13-15-17-19-20-21-35-38-42-45-49-53-57-61-65-69-75(80)74(73-79)78-76(81)70-66-62-58-54-50-46-43-39-36-33-31-29-27-25-23-22-24-26-28-30-32-34-37-40-44-48-52-56-60-64-68-72-83-77(82)71-67-63-59-55-51-47-41-18-16-14-12-10-8-6-4-2/h12,14,18,24,26,41,74-75,79-80H,3-11,13,15-17,19-23,25,27-40,42-73H2,1-2H3,(H,78,81)/b14-12-,26-24-,41-18-. The number of aliphatic hydroxyl groups excluding tert-OH is 2. The first-order valence-electron chi connectivity index (χ1n) is 37.7. The van der Waals surface area contributed by atoms with Gasteiger partial charge in [0.05, 0.1) is 25.4 Å². The van der Waals surface area contributed by atoms with E-state index in [1.807, 2.05) is 0 Å². The Hall–Kier alpha value is -1.92. The molecule has 0 aromatic carbocycles. The van der Waals surface area contributed by atoms with Crippen LogP contribution in [0.4, 0.5) is 0 Å². The molecule has 2 unspecified atom stereocenters.